The van der Waals surface area contributed by atoms with Gasteiger partial charge in [-0.3, -0.25) is 16.1 Å². The molecule has 0 radical (unpaired) electrons. The number of urea groups is 1. The van der Waals surface area contributed by atoms with Gasteiger partial charge in [0, 0.05) is 93.3 Å². The predicted octanol–water partition coefficient (Wildman–Crippen LogP) is 3.45. The molecule has 0 unspecified atom stereocenters. The highest BCUT2D eigenvalue weighted by Crippen LogP contribution is 2.31. The lowest BCUT2D eigenvalue weighted by molar-refractivity contribution is 0.120. The zero-order valence-corrected chi connectivity index (χ0v) is 24.6. The van der Waals surface area contributed by atoms with Crippen LogP contribution in [0.25, 0.3) is 0 Å². The molecule has 2 fully saturated rings. The number of nitrogens with zero attached hydrogens (tertiary/aromatic N) is 6. The van der Waals surface area contributed by atoms with E-state index in [1.165, 1.54) is 24.7 Å². The number of ether oxygens (including phenoxy) is 1. The number of nitrogens with one attached hydrogen (secondary N) is 1. The Bertz CT molecular complexity index is 1460. The Morgan fingerprint density at radius 3 is 2.24 bits per heavy atom. The van der Waals surface area contributed by atoms with Crippen LogP contribution in [0.2, 0.25) is 10.0 Å². The zero-order valence-electron chi connectivity index (χ0n) is 23.1. The quantitative estimate of drug-likeness (QED) is 0.217. The number of benzene rings is 1. The fourth-order valence-electron chi connectivity index (χ4n) is 4.99. The number of nitrogen functional groups attached to an aromatic ring is 1. The van der Waals surface area contributed by atoms with Crippen LogP contribution in [-0.4, -0.2) is 95.8 Å². The van der Waals surface area contributed by atoms with Crippen LogP contribution in [0.3, 0.4) is 0 Å². The van der Waals surface area contributed by atoms with Crippen molar-refractivity contribution in [2.24, 2.45) is 5.73 Å². The Hall–Kier alpha value is -3.71. The molecule has 2 saturated heterocycles. The first-order valence-corrected chi connectivity index (χ1v) is 14.2. The van der Waals surface area contributed by atoms with E-state index in [1.54, 1.807) is 18.2 Å². The van der Waals surface area contributed by atoms with E-state index in [9.17, 15) is 4.79 Å². The Morgan fingerprint density at radius 2 is 1.62 bits per heavy atom. The van der Waals surface area contributed by atoms with Crippen LogP contribution >= 0.6 is 23.2 Å². The van der Waals surface area contributed by atoms with Crippen molar-refractivity contribution in [1.29, 1.82) is 5.41 Å². The second-order valence-electron chi connectivity index (χ2n) is 10.3. The minimum Gasteiger partial charge on any atom is -0.471 e. The Morgan fingerprint density at radius 1 is 1.00 bits per heavy atom. The van der Waals surface area contributed by atoms with Crippen molar-refractivity contribution < 1.29 is 13.9 Å². The van der Waals surface area contributed by atoms with Gasteiger partial charge in [-0.15, -0.1) is 0 Å². The van der Waals surface area contributed by atoms with Gasteiger partial charge in [0.05, 0.1) is 15.8 Å². The molecule has 222 valence electrons. The monoisotopic (exact) mass is 615 g/mol. The molecule has 2 aliphatic rings. The highest BCUT2D eigenvalue weighted by atomic mass is 35.5. The van der Waals surface area contributed by atoms with Gasteiger partial charge in [-0.1, -0.05) is 23.2 Å². The van der Waals surface area contributed by atoms with Crippen LogP contribution in [-0.2, 0) is 0 Å². The number of halogens is 3. The van der Waals surface area contributed by atoms with Crippen molar-refractivity contribution in [3.63, 3.8) is 0 Å². The van der Waals surface area contributed by atoms with Gasteiger partial charge >= 0.3 is 6.03 Å². The number of piperazine rings is 2. The first-order chi connectivity index (χ1) is 20.1. The summed E-state index contributed by atoms with van der Waals surface area (Å²) in [7, 11) is 2.05. The molecule has 4 heterocycles. The molecule has 2 amide bonds. The van der Waals surface area contributed by atoms with Gasteiger partial charge < -0.3 is 30.1 Å². The first kappa shape index (κ1) is 29.8. The van der Waals surface area contributed by atoms with Crippen LogP contribution < -0.4 is 21.1 Å². The van der Waals surface area contributed by atoms with Gasteiger partial charge in [0.1, 0.15) is 5.75 Å². The van der Waals surface area contributed by atoms with Crippen LogP contribution in [0.5, 0.6) is 5.75 Å². The second-order valence-corrected chi connectivity index (χ2v) is 11.1. The summed E-state index contributed by atoms with van der Waals surface area (Å²) >= 11 is 12.4. The summed E-state index contributed by atoms with van der Waals surface area (Å²) in [5, 5.41) is 9.23. The van der Waals surface area contributed by atoms with E-state index < -0.39 is 12.0 Å². The topological polar surface area (TPSA) is 141 Å². The molecular weight excluding hydrogens is 584 g/mol. The van der Waals surface area contributed by atoms with E-state index >= 15 is 4.39 Å². The summed E-state index contributed by atoms with van der Waals surface area (Å²) in [5.41, 5.74) is 13.5. The number of carbonyl (C=O) groups is 1. The molecule has 3 aromatic rings. The average molecular weight is 617 g/mol. The normalized spacial score (nSPS) is 16.8. The number of carbonyl (C=O) groups excluding carboxylic acids is 1. The molecule has 11 nitrogen and oxygen atoms in total. The zero-order chi connectivity index (χ0) is 30.0. The summed E-state index contributed by atoms with van der Waals surface area (Å²) < 4.78 is 21.1. The van der Waals surface area contributed by atoms with Crippen molar-refractivity contribution in [1.82, 2.24) is 24.7 Å². The fraction of sp³-hybridized carbons (Fsp3) is 0.357. The summed E-state index contributed by atoms with van der Waals surface area (Å²) in [6, 6.07) is 6.01. The minimum absolute atomic E-state index is 0.0247. The number of likely N-dealkylation sites (N-methyl/N-ethyl adjacent to an activating group) is 1. The van der Waals surface area contributed by atoms with Crippen molar-refractivity contribution in [3.05, 3.63) is 75.4 Å². The van der Waals surface area contributed by atoms with Gasteiger partial charge in [0.2, 0.25) is 0 Å². The first-order valence-electron chi connectivity index (χ1n) is 13.4. The lowest BCUT2D eigenvalue weighted by Gasteiger charge is -2.40. The van der Waals surface area contributed by atoms with Crippen molar-refractivity contribution >= 4 is 46.4 Å². The number of aromatic nitrogens is 2. The molecule has 5 N–H and O–H groups in total. The summed E-state index contributed by atoms with van der Waals surface area (Å²) in [6.07, 6.45) is 3.26. The van der Waals surface area contributed by atoms with E-state index in [0.29, 0.717) is 61.8 Å². The predicted molar refractivity (Wildman–Crippen MR) is 161 cm³/mol. The molecule has 2 aliphatic heterocycles. The van der Waals surface area contributed by atoms with Crippen LogP contribution in [0.4, 0.5) is 20.7 Å². The number of hydrogen-bond donors (Lipinski definition) is 3. The highest BCUT2D eigenvalue weighted by molar-refractivity contribution is 6.35. The van der Waals surface area contributed by atoms with Gasteiger partial charge in [-0.2, -0.15) is 0 Å². The molecule has 0 bridgehead atoms. The van der Waals surface area contributed by atoms with Crippen molar-refractivity contribution in [3.8, 4) is 5.75 Å². The molecule has 2 aromatic heterocycles. The van der Waals surface area contributed by atoms with Crippen LogP contribution in [0.1, 0.15) is 22.9 Å². The molecule has 1 atom stereocenters. The van der Waals surface area contributed by atoms with Gasteiger partial charge in [0.15, 0.2) is 17.9 Å². The lowest BCUT2D eigenvalue weighted by Crippen LogP contribution is -2.56. The fourth-order valence-corrected chi connectivity index (χ4v) is 5.57. The van der Waals surface area contributed by atoms with Gasteiger partial charge in [0.25, 0.3) is 0 Å². The summed E-state index contributed by atoms with van der Waals surface area (Å²) in [6.45, 7) is 4.99. The van der Waals surface area contributed by atoms with Gasteiger partial charge in [-0.25, -0.2) is 14.2 Å². The average Bonchev–Trinajstić information content (AvgIpc) is 2.98. The number of pyridine rings is 2. The Labute approximate surface area is 253 Å². The van der Waals surface area contributed by atoms with E-state index in [2.05, 4.69) is 14.9 Å². The van der Waals surface area contributed by atoms with E-state index in [1.807, 2.05) is 21.7 Å². The number of nitrogens with two attached hydrogens (primary N) is 2. The Kier molecular flexibility index (Phi) is 8.97. The van der Waals surface area contributed by atoms with Gasteiger partial charge in [-0.05, 0) is 31.3 Å². The minimum atomic E-state index is -1.01. The molecule has 0 saturated carbocycles. The van der Waals surface area contributed by atoms with E-state index in [0.717, 1.165) is 13.1 Å². The smallest absolute Gasteiger partial charge is 0.320 e. The summed E-state index contributed by atoms with van der Waals surface area (Å²) in [4.78, 5) is 28.8. The molecular formula is C28H32Cl2FN9O2. The third-order valence-electron chi connectivity index (χ3n) is 7.47. The molecule has 42 heavy (non-hydrogen) atoms. The molecule has 5 rings (SSSR count). The lowest BCUT2D eigenvalue weighted by atomic mass is 10.0. The molecule has 14 heteroatoms. The number of anilines is 2. The number of rotatable bonds is 6. The van der Waals surface area contributed by atoms with Crippen molar-refractivity contribution in [2.45, 2.75) is 6.23 Å². The maximum atomic E-state index is 15.3. The maximum absolute atomic E-state index is 15.3. The molecule has 0 aliphatic carbocycles. The SMILES string of the molecule is CN1CCN(C(=O)N2CCN(c3ncc(C(=N)c4cc(O[C@H](N)c5c(Cl)cncc5Cl)ccc4N)cc3F)CC2)CC1. The van der Waals surface area contributed by atoms with Crippen LogP contribution in [0.15, 0.2) is 42.9 Å². The largest absolute Gasteiger partial charge is 0.471 e. The molecule has 1 aromatic carbocycles. The third-order valence-corrected chi connectivity index (χ3v) is 8.07. The van der Waals surface area contributed by atoms with E-state index in [-0.39, 0.29) is 33.2 Å². The second kappa shape index (κ2) is 12.7. The number of hydrogen-bond acceptors (Lipinski definition) is 9. The molecule has 0 spiro atoms. The third kappa shape index (κ3) is 6.36. The highest BCUT2D eigenvalue weighted by Gasteiger charge is 2.28. The summed E-state index contributed by atoms with van der Waals surface area (Å²) in [5.74, 6) is -0.0686. The van der Waals surface area contributed by atoms with Crippen LogP contribution in [0, 0.1) is 11.2 Å². The van der Waals surface area contributed by atoms with E-state index in [4.69, 9.17) is 44.8 Å². The van der Waals surface area contributed by atoms with Crippen molar-refractivity contribution in [2.75, 3.05) is 70.0 Å². The standard InChI is InChI=1S/C28H32Cl2FN9O2/c1-37-4-6-39(7-5-37)28(41)40-10-8-38(9-11-40)27-22(31)12-17(14-36-27)25(33)19-13-18(2-3-23(19)32)42-26(34)24-20(29)15-35-16-21(24)30/h2-3,12-16,26,33H,4-11,32,34H2,1H3/t26-/m0/s1. The number of amides is 2. The maximum Gasteiger partial charge on any atom is 0.320 e. The Balaban J connectivity index is 1.25.